The molecule has 2 rings (SSSR count). The van der Waals surface area contributed by atoms with Gasteiger partial charge in [-0.3, -0.25) is 9.98 Å². The predicted octanol–water partition coefficient (Wildman–Crippen LogP) is 3.29. The number of rotatable bonds is 7. The minimum atomic E-state index is 0.249. The van der Waals surface area contributed by atoms with Crippen LogP contribution in [-0.2, 0) is 21.0 Å². The van der Waals surface area contributed by atoms with Gasteiger partial charge in [0.25, 0.3) is 0 Å². The monoisotopic (exact) mass is 363 g/mol. The summed E-state index contributed by atoms with van der Waals surface area (Å²) in [5.74, 6) is 0.497. The van der Waals surface area contributed by atoms with E-state index in [2.05, 4.69) is 9.98 Å². The predicted molar refractivity (Wildman–Crippen MR) is 91.1 cm³/mol. The number of hydrogen-bond donors (Lipinski definition) is 2. The van der Waals surface area contributed by atoms with Crippen LogP contribution in [0.15, 0.2) is 58.5 Å². The fraction of sp³-hybridized carbons (Fsp3) is 0.222. The summed E-state index contributed by atoms with van der Waals surface area (Å²) in [6, 6.07) is 14.3. The SMILES string of the molecule is Oc1ccccc1C=NCCCCN=Cc1ccccc1O.[O]=[V]. The van der Waals surface area contributed by atoms with E-state index in [1.807, 2.05) is 24.3 Å². The van der Waals surface area contributed by atoms with Crippen molar-refractivity contribution in [3.05, 3.63) is 59.7 Å². The van der Waals surface area contributed by atoms with Crippen molar-refractivity contribution in [2.75, 3.05) is 13.1 Å². The number of unbranched alkanes of at least 4 members (excludes halogenated alkanes) is 1. The summed E-state index contributed by atoms with van der Waals surface area (Å²) >= 11 is 1.06. The van der Waals surface area contributed by atoms with Crippen LogP contribution in [0.2, 0.25) is 0 Å². The number of nitrogens with zero attached hydrogens (tertiary/aromatic N) is 2. The first-order valence-electron chi connectivity index (χ1n) is 7.51. The molecule has 5 nitrogen and oxygen atoms in total. The van der Waals surface area contributed by atoms with Gasteiger partial charge in [-0.2, -0.15) is 0 Å². The van der Waals surface area contributed by atoms with E-state index < -0.39 is 0 Å². The van der Waals surface area contributed by atoms with Crippen molar-refractivity contribution in [1.29, 1.82) is 0 Å². The van der Waals surface area contributed by atoms with E-state index >= 15 is 0 Å². The number of aromatic hydroxyl groups is 2. The summed E-state index contributed by atoms with van der Waals surface area (Å²) in [5, 5.41) is 19.2. The molecule has 2 aromatic carbocycles. The van der Waals surface area contributed by atoms with Gasteiger partial charge in [-0.25, -0.2) is 0 Å². The van der Waals surface area contributed by atoms with Gasteiger partial charge in [0, 0.05) is 36.6 Å². The molecule has 0 spiro atoms. The quantitative estimate of drug-likeness (QED) is 0.585. The zero-order chi connectivity index (χ0) is 17.6. The molecule has 0 amide bonds. The van der Waals surface area contributed by atoms with E-state index in [-0.39, 0.29) is 11.5 Å². The minimum absolute atomic E-state index is 0.249. The molecule has 0 aromatic heterocycles. The van der Waals surface area contributed by atoms with E-state index in [4.69, 9.17) is 3.67 Å². The zero-order valence-corrected chi connectivity index (χ0v) is 14.6. The van der Waals surface area contributed by atoms with E-state index in [1.54, 1.807) is 36.7 Å². The average molecular weight is 363 g/mol. The third-order valence-corrected chi connectivity index (χ3v) is 3.16. The number of hydrogen-bond acceptors (Lipinski definition) is 5. The Morgan fingerprint density at radius 2 is 1.12 bits per heavy atom. The molecule has 0 unspecified atom stereocenters. The summed E-state index contributed by atoms with van der Waals surface area (Å²) in [4.78, 5) is 8.59. The van der Waals surface area contributed by atoms with Gasteiger partial charge in [-0.05, 0) is 37.1 Å². The van der Waals surface area contributed by atoms with Crippen LogP contribution >= 0.6 is 0 Å². The standard InChI is InChI=1S/C18H20N2O2.O.V/c21-17-9-3-1-7-15(17)13-19-11-5-6-12-20-14-16-8-2-4-10-18(16)22;;/h1-4,7-10,13-14,21-22H,5-6,11-12H2;;. The molecule has 0 bridgehead atoms. The molecule has 24 heavy (non-hydrogen) atoms. The Morgan fingerprint density at radius 1 is 0.750 bits per heavy atom. The van der Waals surface area contributed by atoms with Gasteiger partial charge in [0.05, 0.1) is 0 Å². The van der Waals surface area contributed by atoms with Crippen LogP contribution in [0.3, 0.4) is 0 Å². The molecule has 0 radical (unpaired) electrons. The third-order valence-electron chi connectivity index (χ3n) is 3.16. The molecule has 0 saturated heterocycles. The van der Waals surface area contributed by atoms with Crippen LogP contribution in [0, 0.1) is 0 Å². The molecule has 0 fully saturated rings. The molecule has 6 heteroatoms. The normalized spacial score (nSPS) is 10.6. The van der Waals surface area contributed by atoms with Gasteiger partial charge < -0.3 is 10.2 Å². The Morgan fingerprint density at radius 3 is 1.50 bits per heavy atom. The van der Waals surface area contributed by atoms with E-state index in [1.165, 1.54) is 0 Å². The van der Waals surface area contributed by atoms with Gasteiger partial charge in [0.2, 0.25) is 0 Å². The van der Waals surface area contributed by atoms with Crippen LogP contribution in [0.4, 0.5) is 0 Å². The fourth-order valence-electron chi connectivity index (χ4n) is 1.93. The van der Waals surface area contributed by atoms with Gasteiger partial charge in [-0.1, -0.05) is 24.3 Å². The molecule has 0 aliphatic rings. The summed E-state index contributed by atoms with van der Waals surface area (Å²) in [6.45, 7) is 1.42. The van der Waals surface area contributed by atoms with E-state index in [0.717, 1.165) is 41.3 Å². The number of phenolic OH excluding ortho intramolecular Hbond substituents is 2. The first-order chi connectivity index (χ1) is 11.8. The Bertz CT molecular complexity index is 617. The summed E-state index contributed by atoms with van der Waals surface area (Å²) in [5.41, 5.74) is 1.47. The third kappa shape index (κ3) is 7.35. The molecule has 125 valence electrons. The second-order valence-corrected chi connectivity index (χ2v) is 4.90. The Labute approximate surface area is 151 Å². The van der Waals surface area contributed by atoms with Crippen molar-refractivity contribution < 1.29 is 31.3 Å². The van der Waals surface area contributed by atoms with E-state index in [0.29, 0.717) is 13.1 Å². The molecule has 2 aromatic rings. The van der Waals surface area contributed by atoms with Crippen molar-refractivity contribution in [3.63, 3.8) is 0 Å². The topological polar surface area (TPSA) is 82.2 Å². The molecule has 0 aliphatic heterocycles. The molecular weight excluding hydrogens is 343 g/mol. The van der Waals surface area contributed by atoms with Crippen LogP contribution in [0.5, 0.6) is 11.5 Å². The Kier molecular flexibility index (Phi) is 10.1. The van der Waals surface area contributed by atoms with Gasteiger partial charge >= 0.3 is 21.0 Å². The average Bonchev–Trinajstić information content (AvgIpc) is 2.62. The van der Waals surface area contributed by atoms with Crippen LogP contribution < -0.4 is 0 Å². The van der Waals surface area contributed by atoms with Crippen molar-refractivity contribution in [1.82, 2.24) is 0 Å². The molecule has 0 aliphatic carbocycles. The second kappa shape index (κ2) is 12.2. The van der Waals surface area contributed by atoms with Gasteiger partial charge in [0.15, 0.2) is 0 Å². The fourth-order valence-corrected chi connectivity index (χ4v) is 1.93. The van der Waals surface area contributed by atoms with Crippen LogP contribution in [0.1, 0.15) is 24.0 Å². The zero-order valence-electron chi connectivity index (χ0n) is 13.2. The number of para-hydroxylation sites is 2. The first kappa shape index (κ1) is 19.8. The maximum atomic E-state index is 9.58. The Hall–Kier alpha value is -2.24. The molecule has 0 saturated carbocycles. The second-order valence-electron chi connectivity index (χ2n) is 4.90. The molecule has 0 heterocycles. The molecule has 0 atom stereocenters. The number of benzene rings is 2. The summed E-state index contributed by atoms with van der Waals surface area (Å²) < 4.78 is 8.19. The summed E-state index contributed by atoms with van der Waals surface area (Å²) in [6.07, 6.45) is 5.26. The number of phenols is 2. The van der Waals surface area contributed by atoms with Crippen LogP contribution in [-0.4, -0.2) is 35.7 Å². The van der Waals surface area contributed by atoms with Crippen molar-refractivity contribution >= 4 is 12.4 Å². The van der Waals surface area contributed by atoms with Crippen molar-refractivity contribution in [2.45, 2.75) is 12.8 Å². The Balaban J connectivity index is 0.00000139. The maximum absolute atomic E-state index is 9.58. The van der Waals surface area contributed by atoms with Gasteiger partial charge in [0.1, 0.15) is 11.5 Å². The van der Waals surface area contributed by atoms with Crippen molar-refractivity contribution in [2.24, 2.45) is 9.98 Å². The first-order valence-corrected chi connectivity index (χ1v) is 8.08. The van der Waals surface area contributed by atoms with E-state index in [9.17, 15) is 10.2 Å². The molecule has 2 N–H and O–H groups in total. The summed E-state index contributed by atoms with van der Waals surface area (Å²) in [7, 11) is 0. The van der Waals surface area contributed by atoms with Crippen molar-refractivity contribution in [3.8, 4) is 11.5 Å². The van der Waals surface area contributed by atoms with Gasteiger partial charge in [-0.15, -0.1) is 0 Å². The number of aliphatic imine (C=N–C) groups is 2. The van der Waals surface area contributed by atoms with Crippen LogP contribution in [0.25, 0.3) is 0 Å². The molecular formula is C18H20N2O3V.